The van der Waals surface area contributed by atoms with E-state index in [1.807, 2.05) is 0 Å². The molecule has 92 valence electrons. The first kappa shape index (κ1) is 13.0. The summed E-state index contributed by atoms with van der Waals surface area (Å²) < 4.78 is 5.26. The first-order valence-corrected chi connectivity index (χ1v) is 5.46. The third-order valence-corrected chi connectivity index (χ3v) is 3.26. The number of methoxy groups -OCH3 is 1. The number of carboxylic acids is 1. The van der Waals surface area contributed by atoms with Gasteiger partial charge in [-0.2, -0.15) is 0 Å². The molecule has 0 radical (unpaired) electrons. The summed E-state index contributed by atoms with van der Waals surface area (Å²) in [5, 5.41) is 8.77. The van der Waals surface area contributed by atoms with Crippen molar-refractivity contribution >= 4 is 11.9 Å². The lowest BCUT2D eigenvalue weighted by Gasteiger charge is -2.41. The fourth-order valence-corrected chi connectivity index (χ4v) is 1.92. The molecule has 1 aliphatic carbocycles. The Morgan fingerprint density at radius 3 is 2.38 bits per heavy atom. The number of rotatable bonds is 5. The van der Waals surface area contributed by atoms with Crippen LogP contribution in [0.15, 0.2) is 0 Å². The lowest BCUT2D eigenvalue weighted by Crippen LogP contribution is -2.54. The minimum atomic E-state index is -0.889. The Bertz CT molecular complexity index is 280. The van der Waals surface area contributed by atoms with E-state index in [0.29, 0.717) is 0 Å². The molecule has 1 unspecified atom stereocenters. The molecule has 0 saturated heterocycles. The minimum Gasteiger partial charge on any atom is -0.481 e. The molecule has 0 bridgehead atoms. The maximum absolute atomic E-state index is 12.0. The van der Waals surface area contributed by atoms with Gasteiger partial charge in [-0.1, -0.05) is 6.92 Å². The van der Waals surface area contributed by atoms with Gasteiger partial charge in [-0.15, -0.1) is 0 Å². The molecule has 1 amide bonds. The predicted molar refractivity (Wildman–Crippen MR) is 58.0 cm³/mol. The average Bonchev–Trinajstić information content (AvgIpc) is 2.16. The van der Waals surface area contributed by atoms with Gasteiger partial charge in [0.2, 0.25) is 0 Å². The lowest BCUT2D eigenvalue weighted by molar-refractivity contribution is -0.165. The van der Waals surface area contributed by atoms with Gasteiger partial charge in [-0.05, 0) is 19.3 Å². The van der Waals surface area contributed by atoms with Crippen LogP contribution in [0.25, 0.3) is 0 Å². The van der Waals surface area contributed by atoms with Gasteiger partial charge in [0.25, 0.3) is 5.91 Å². The van der Waals surface area contributed by atoms with Gasteiger partial charge < -0.3 is 14.7 Å². The topological polar surface area (TPSA) is 66.8 Å². The molecule has 1 aliphatic rings. The summed E-state index contributed by atoms with van der Waals surface area (Å²) in [6.07, 6.45) is 2.45. The van der Waals surface area contributed by atoms with Crippen LogP contribution in [0.5, 0.6) is 0 Å². The standard InChI is InChI=1S/C11H19NO4/c1-8(9(13)14)7-12(2)10(15)11(16-3)5-4-6-11/h8H,4-7H2,1-3H3,(H,13,14). The molecule has 0 spiro atoms. The van der Waals surface area contributed by atoms with E-state index in [-0.39, 0.29) is 12.5 Å². The Labute approximate surface area is 95.4 Å². The van der Waals surface area contributed by atoms with Gasteiger partial charge in [-0.3, -0.25) is 9.59 Å². The van der Waals surface area contributed by atoms with Crippen LogP contribution < -0.4 is 0 Å². The summed E-state index contributed by atoms with van der Waals surface area (Å²) in [7, 11) is 3.16. The fourth-order valence-electron chi connectivity index (χ4n) is 1.92. The first-order valence-electron chi connectivity index (χ1n) is 5.46. The molecule has 1 atom stereocenters. The smallest absolute Gasteiger partial charge is 0.308 e. The summed E-state index contributed by atoms with van der Waals surface area (Å²) in [6, 6.07) is 0. The zero-order chi connectivity index (χ0) is 12.3. The van der Waals surface area contributed by atoms with Gasteiger partial charge in [0.15, 0.2) is 0 Å². The number of aliphatic carboxylic acids is 1. The maximum atomic E-state index is 12.0. The van der Waals surface area contributed by atoms with E-state index in [1.54, 1.807) is 14.0 Å². The van der Waals surface area contributed by atoms with Crippen molar-refractivity contribution in [2.24, 2.45) is 5.92 Å². The van der Waals surface area contributed by atoms with Crippen molar-refractivity contribution in [1.29, 1.82) is 0 Å². The monoisotopic (exact) mass is 229 g/mol. The molecule has 1 saturated carbocycles. The highest BCUT2D eigenvalue weighted by atomic mass is 16.5. The summed E-state index contributed by atoms with van der Waals surface area (Å²) in [5.74, 6) is -1.54. The van der Waals surface area contributed by atoms with Crippen molar-refractivity contribution in [2.75, 3.05) is 20.7 Å². The van der Waals surface area contributed by atoms with Crippen molar-refractivity contribution in [2.45, 2.75) is 31.8 Å². The van der Waals surface area contributed by atoms with Crippen LogP contribution in [-0.2, 0) is 14.3 Å². The zero-order valence-corrected chi connectivity index (χ0v) is 10.0. The van der Waals surface area contributed by atoms with Crippen LogP contribution in [-0.4, -0.2) is 48.2 Å². The molecule has 5 heteroatoms. The highest BCUT2D eigenvalue weighted by molar-refractivity contribution is 5.86. The van der Waals surface area contributed by atoms with E-state index >= 15 is 0 Å². The quantitative estimate of drug-likeness (QED) is 0.755. The van der Waals surface area contributed by atoms with E-state index in [2.05, 4.69) is 0 Å². The molecule has 16 heavy (non-hydrogen) atoms. The van der Waals surface area contributed by atoms with E-state index in [0.717, 1.165) is 19.3 Å². The van der Waals surface area contributed by atoms with Crippen LogP contribution in [0.3, 0.4) is 0 Å². The number of carbonyl (C=O) groups excluding carboxylic acids is 1. The third kappa shape index (κ3) is 2.35. The van der Waals surface area contributed by atoms with Crippen molar-refractivity contribution < 1.29 is 19.4 Å². The number of carboxylic acid groups (broad SMARTS) is 1. The number of amides is 1. The minimum absolute atomic E-state index is 0.102. The predicted octanol–water partition coefficient (Wildman–Crippen LogP) is 0.735. The number of likely N-dealkylation sites (N-methyl/N-ethyl adjacent to an activating group) is 1. The molecule has 0 aromatic carbocycles. The van der Waals surface area contributed by atoms with Crippen molar-refractivity contribution in [3.8, 4) is 0 Å². The molecular weight excluding hydrogens is 210 g/mol. The van der Waals surface area contributed by atoms with E-state index in [1.165, 1.54) is 12.0 Å². The van der Waals surface area contributed by atoms with Crippen LogP contribution in [0.1, 0.15) is 26.2 Å². The van der Waals surface area contributed by atoms with Crippen LogP contribution in [0.2, 0.25) is 0 Å². The highest BCUT2D eigenvalue weighted by Crippen LogP contribution is 2.36. The Morgan fingerprint density at radius 1 is 1.50 bits per heavy atom. The Balaban J connectivity index is 2.56. The average molecular weight is 229 g/mol. The number of ether oxygens (including phenoxy) is 1. The normalized spacial score (nSPS) is 19.7. The zero-order valence-electron chi connectivity index (χ0n) is 10.0. The Kier molecular flexibility index (Phi) is 3.91. The molecular formula is C11H19NO4. The molecule has 5 nitrogen and oxygen atoms in total. The second-order valence-corrected chi connectivity index (χ2v) is 4.48. The molecule has 0 heterocycles. The van der Waals surface area contributed by atoms with Crippen molar-refractivity contribution in [1.82, 2.24) is 4.90 Å². The lowest BCUT2D eigenvalue weighted by atomic mass is 9.79. The fraction of sp³-hybridized carbons (Fsp3) is 0.818. The molecule has 0 aromatic rings. The van der Waals surface area contributed by atoms with E-state index in [9.17, 15) is 9.59 Å². The molecule has 1 rings (SSSR count). The van der Waals surface area contributed by atoms with Gasteiger partial charge in [0, 0.05) is 20.7 Å². The number of hydrogen-bond acceptors (Lipinski definition) is 3. The number of hydrogen-bond donors (Lipinski definition) is 1. The summed E-state index contributed by atoms with van der Waals surface area (Å²) in [5.41, 5.74) is -0.688. The van der Waals surface area contributed by atoms with Gasteiger partial charge in [0.1, 0.15) is 5.60 Å². The van der Waals surface area contributed by atoms with Crippen molar-refractivity contribution in [3.63, 3.8) is 0 Å². The van der Waals surface area contributed by atoms with Gasteiger partial charge in [0.05, 0.1) is 5.92 Å². The van der Waals surface area contributed by atoms with Crippen LogP contribution in [0, 0.1) is 5.92 Å². The van der Waals surface area contributed by atoms with Crippen LogP contribution >= 0.6 is 0 Å². The third-order valence-electron chi connectivity index (χ3n) is 3.26. The van der Waals surface area contributed by atoms with E-state index in [4.69, 9.17) is 9.84 Å². The summed E-state index contributed by atoms with van der Waals surface area (Å²) in [4.78, 5) is 24.2. The number of carbonyl (C=O) groups is 2. The van der Waals surface area contributed by atoms with Gasteiger partial charge in [-0.25, -0.2) is 0 Å². The van der Waals surface area contributed by atoms with Gasteiger partial charge >= 0.3 is 5.97 Å². The molecule has 0 aromatic heterocycles. The summed E-state index contributed by atoms with van der Waals surface area (Å²) >= 11 is 0. The summed E-state index contributed by atoms with van der Waals surface area (Å²) in [6.45, 7) is 1.81. The van der Waals surface area contributed by atoms with E-state index < -0.39 is 17.5 Å². The molecule has 1 fully saturated rings. The maximum Gasteiger partial charge on any atom is 0.308 e. The molecule has 0 aliphatic heterocycles. The second-order valence-electron chi connectivity index (χ2n) is 4.48. The largest absolute Gasteiger partial charge is 0.481 e. The SMILES string of the molecule is COC1(C(=O)N(C)CC(C)C(=O)O)CCC1. The Hall–Kier alpha value is -1.10. The van der Waals surface area contributed by atoms with Crippen molar-refractivity contribution in [3.05, 3.63) is 0 Å². The first-order chi connectivity index (χ1) is 7.43. The molecule has 1 N–H and O–H groups in total. The van der Waals surface area contributed by atoms with Crippen LogP contribution in [0.4, 0.5) is 0 Å². The highest BCUT2D eigenvalue weighted by Gasteiger charge is 2.46. The Morgan fingerprint density at radius 2 is 2.06 bits per heavy atom. The second kappa shape index (κ2) is 4.82. The number of nitrogens with zero attached hydrogens (tertiary/aromatic N) is 1.